The Morgan fingerprint density at radius 3 is 2.08 bits per heavy atom. The molecular weight excluding hydrogens is 309 g/mol. The summed E-state index contributed by atoms with van der Waals surface area (Å²) in [6.07, 6.45) is 0.589. The molecule has 5 heteroatoms. The minimum atomic E-state index is -0.894. The van der Waals surface area contributed by atoms with Crippen molar-refractivity contribution in [2.24, 2.45) is 0 Å². The fourth-order valence-electron chi connectivity index (χ4n) is 2.49. The van der Waals surface area contributed by atoms with Gasteiger partial charge in [-0.25, -0.2) is 4.39 Å². The van der Waals surface area contributed by atoms with Gasteiger partial charge in [0.2, 0.25) is 5.91 Å². The maximum Gasteiger partial charge on any atom is 0.310 e. The Bertz CT molecular complexity index is 710. The molecule has 2 N–H and O–H groups in total. The topological polar surface area (TPSA) is 66.4 Å². The van der Waals surface area contributed by atoms with E-state index < -0.39 is 11.9 Å². The molecule has 2 unspecified atom stereocenters. The molecule has 4 nitrogen and oxygen atoms in total. The molecule has 2 rings (SSSR count). The Labute approximate surface area is 140 Å². The van der Waals surface area contributed by atoms with E-state index in [0.717, 1.165) is 5.56 Å². The highest BCUT2D eigenvalue weighted by Crippen LogP contribution is 2.23. The van der Waals surface area contributed by atoms with Gasteiger partial charge in [0.15, 0.2) is 0 Å². The predicted molar refractivity (Wildman–Crippen MR) is 90.6 cm³/mol. The summed E-state index contributed by atoms with van der Waals surface area (Å²) in [5.41, 5.74) is 2.03. The number of hydrogen-bond acceptors (Lipinski definition) is 2. The highest BCUT2D eigenvalue weighted by molar-refractivity contribution is 5.95. The van der Waals surface area contributed by atoms with Crippen LogP contribution in [0.5, 0.6) is 0 Å². The Balaban J connectivity index is 2.10. The van der Waals surface area contributed by atoms with E-state index in [1.165, 1.54) is 12.1 Å². The van der Waals surface area contributed by atoms with Gasteiger partial charge < -0.3 is 10.4 Å². The summed E-state index contributed by atoms with van der Waals surface area (Å²) in [6, 6.07) is 12.6. The maximum atomic E-state index is 13.0. The molecule has 0 bridgehead atoms. The van der Waals surface area contributed by atoms with Gasteiger partial charge in [0.05, 0.1) is 11.8 Å². The number of carbonyl (C=O) groups excluding carboxylic acids is 1. The summed E-state index contributed by atoms with van der Waals surface area (Å²) in [6.45, 7) is 3.50. The highest BCUT2D eigenvalue weighted by atomic mass is 19.1. The molecule has 0 saturated carbocycles. The standard InChI is InChI=1S/C19H20FNO3/c1-3-17(14-4-8-15(20)9-5-14)18(22)21-16-10-6-13(7-11-16)12(2)19(23)24/h4-12,17H,3H2,1-2H3,(H,21,22)(H,23,24). The first-order valence-corrected chi connectivity index (χ1v) is 7.81. The normalized spacial score (nSPS) is 13.1. The van der Waals surface area contributed by atoms with E-state index in [2.05, 4.69) is 5.32 Å². The quantitative estimate of drug-likeness (QED) is 0.837. The van der Waals surface area contributed by atoms with Crippen LogP contribution in [0.2, 0.25) is 0 Å². The van der Waals surface area contributed by atoms with Crippen LogP contribution in [0.4, 0.5) is 10.1 Å². The van der Waals surface area contributed by atoms with Crippen LogP contribution >= 0.6 is 0 Å². The number of carboxylic acids is 1. The summed E-state index contributed by atoms with van der Waals surface area (Å²) in [5.74, 6) is -2.38. The summed E-state index contributed by atoms with van der Waals surface area (Å²) < 4.78 is 13.0. The molecular formula is C19H20FNO3. The van der Waals surface area contributed by atoms with Crippen molar-refractivity contribution in [3.8, 4) is 0 Å². The van der Waals surface area contributed by atoms with Crippen LogP contribution in [0.3, 0.4) is 0 Å². The lowest BCUT2D eigenvalue weighted by Gasteiger charge is -2.16. The first kappa shape index (κ1) is 17.7. The summed E-state index contributed by atoms with van der Waals surface area (Å²) in [5, 5.41) is 11.8. The molecule has 1 amide bonds. The van der Waals surface area contributed by atoms with E-state index in [-0.39, 0.29) is 17.6 Å². The Hall–Kier alpha value is -2.69. The van der Waals surface area contributed by atoms with Gasteiger partial charge in [-0.05, 0) is 48.7 Å². The van der Waals surface area contributed by atoms with Gasteiger partial charge in [-0.2, -0.15) is 0 Å². The van der Waals surface area contributed by atoms with E-state index in [4.69, 9.17) is 5.11 Å². The SMILES string of the molecule is CCC(C(=O)Nc1ccc(C(C)C(=O)O)cc1)c1ccc(F)cc1. The van der Waals surface area contributed by atoms with E-state index in [0.29, 0.717) is 17.7 Å². The van der Waals surface area contributed by atoms with Crippen molar-refractivity contribution in [3.05, 3.63) is 65.5 Å². The molecule has 126 valence electrons. The van der Waals surface area contributed by atoms with Gasteiger partial charge >= 0.3 is 5.97 Å². The zero-order valence-corrected chi connectivity index (χ0v) is 13.6. The van der Waals surface area contributed by atoms with Crippen molar-refractivity contribution in [2.75, 3.05) is 5.32 Å². The lowest BCUT2D eigenvalue weighted by Crippen LogP contribution is -2.20. The van der Waals surface area contributed by atoms with Gasteiger partial charge in [0, 0.05) is 5.69 Å². The molecule has 0 radical (unpaired) electrons. The zero-order valence-electron chi connectivity index (χ0n) is 13.6. The second-order valence-corrected chi connectivity index (χ2v) is 5.68. The van der Waals surface area contributed by atoms with Crippen LogP contribution in [0.1, 0.15) is 43.2 Å². The van der Waals surface area contributed by atoms with Gasteiger partial charge in [0.25, 0.3) is 0 Å². The second kappa shape index (κ2) is 7.73. The third-order valence-electron chi connectivity index (χ3n) is 4.05. The number of anilines is 1. The Morgan fingerprint density at radius 2 is 1.58 bits per heavy atom. The van der Waals surface area contributed by atoms with Crippen molar-refractivity contribution in [3.63, 3.8) is 0 Å². The molecule has 2 atom stereocenters. The van der Waals surface area contributed by atoms with Crippen LogP contribution in [-0.2, 0) is 9.59 Å². The first-order chi connectivity index (χ1) is 11.4. The van der Waals surface area contributed by atoms with E-state index in [1.807, 2.05) is 6.92 Å². The van der Waals surface area contributed by atoms with Crippen LogP contribution in [-0.4, -0.2) is 17.0 Å². The number of aliphatic carboxylic acids is 1. The minimum absolute atomic E-state index is 0.178. The first-order valence-electron chi connectivity index (χ1n) is 7.81. The summed E-state index contributed by atoms with van der Waals surface area (Å²) in [7, 11) is 0. The molecule has 0 spiro atoms. The van der Waals surface area contributed by atoms with Crippen LogP contribution in [0.15, 0.2) is 48.5 Å². The van der Waals surface area contributed by atoms with Crippen molar-refractivity contribution in [1.82, 2.24) is 0 Å². The number of amides is 1. The van der Waals surface area contributed by atoms with Crippen LogP contribution in [0, 0.1) is 5.82 Å². The molecule has 0 aliphatic heterocycles. The lowest BCUT2D eigenvalue weighted by atomic mass is 9.95. The Kier molecular flexibility index (Phi) is 5.68. The monoisotopic (exact) mass is 329 g/mol. The van der Waals surface area contributed by atoms with Gasteiger partial charge in [-0.3, -0.25) is 9.59 Å². The number of hydrogen-bond donors (Lipinski definition) is 2. The summed E-state index contributed by atoms with van der Waals surface area (Å²) >= 11 is 0. The van der Waals surface area contributed by atoms with E-state index in [1.54, 1.807) is 43.3 Å². The lowest BCUT2D eigenvalue weighted by molar-refractivity contribution is -0.138. The predicted octanol–water partition coefficient (Wildman–Crippen LogP) is 4.15. The molecule has 0 heterocycles. The third kappa shape index (κ3) is 4.19. The molecule has 2 aromatic rings. The maximum absolute atomic E-state index is 13.0. The fourth-order valence-corrected chi connectivity index (χ4v) is 2.49. The molecule has 0 aromatic heterocycles. The van der Waals surface area contributed by atoms with E-state index >= 15 is 0 Å². The van der Waals surface area contributed by atoms with E-state index in [9.17, 15) is 14.0 Å². The van der Waals surface area contributed by atoms with Crippen molar-refractivity contribution in [2.45, 2.75) is 32.1 Å². The van der Waals surface area contributed by atoms with Gasteiger partial charge in [-0.1, -0.05) is 31.2 Å². The van der Waals surface area contributed by atoms with Crippen molar-refractivity contribution in [1.29, 1.82) is 0 Å². The number of carbonyl (C=O) groups is 2. The van der Waals surface area contributed by atoms with Crippen molar-refractivity contribution >= 4 is 17.6 Å². The molecule has 0 fully saturated rings. The molecule has 24 heavy (non-hydrogen) atoms. The second-order valence-electron chi connectivity index (χ2n) is 5.68. The zero-order chi connectivity index (χ0) is 17.7. The third-order valence-corrected chi connectivity index (χ3v) is 4.05. The van der Waals surface area contributed by atoms with Gasteiger partial charge in [-0.15, -0.1) is 0 Å². The molecule has 0 aliphatic rings. The van der Waals surface area contributed by atoms with Gasteiger partial charge in [0.1, 0.15) is 5.82 Å². The van der Waals surface area contributed by atoms with Crippen molar-refractivity contribution < 1.29 is 19.1 Å². The smallest absolute Gasteiger partial charge is 0.310 e. The number of nitrogens with one attached hydrogen (secondary N) is 1. The summed E-state index contributed by atoms with van der Waals surface area (Å²) in [4.78, 5) is 23.4. The Morgan fingerprint density at radius 1 is 1.04 bits per heavy atom. The number of carboxylic acid groups (broad SMARTS) is 1. The number of halogens is 1. The molecule has 2 aromatic carbocycles. The minimum Gasteiger partial charge on any atom is -0.481 e. The molecule has 0 saturated heterocycles. The van der Waals surface area contributed by atoms with Crippen LogP contribution in [0.25, 0.3) is 0 Å². The average Bonchev–Trinajstić information content (AvgIpc) is 2.57. The molecule has 0 aliphatic carbocycles. The number of benzene rings is 2. The average molecular weight is 329 g/mol. The number of rotatable bonds is 6. The highest BCUT2D eigenvalue weighted by Gasteiger charge is 2.19. The van der Waals surface area contributed by atoms with Crippen LogP contribution < -0.4 is 5.32 Å². The fraction of sp³-hybridized carbons (Fsp3) is 0.263. The largest absolute Gasteiger partial charge is 0.481 e.